The Bertz CT molecular complexity index is 770. The first-order chi connectivity index (χ1) is 10.2. The van der Waals surface area contributed by atoms with E-state index in [2.05, 4.69) is 48.3 Å². The molecule has 0 amide bonds. The van der Waals surface area contributed by atoms with Gasteiger partial charge < -0.3 is 4.74 Å². The number of halogens is 1. The third kappa shape index (κ3) is 3.17. The molecule has 0 saturated heterocycles. The van der Waals surface area contributed by atoms with Crippen molar-refractivity contribution in [3.05, 3.63) is 71.0 Å². The molecule has 0 spiro atoms. The number of ether oxygens (including phenoxy) is 1. The van der Waals surface area contributed by atoms with Gasteiger partial charge in [-0.15, -0.1) is 0 Å². The van der Waals surface area contributed by atoms with Gasteiger partial charge in [-0.3, -0.25) is 0 Å². The molecule has 21 heavy (non-hydrogen) atoms. The monoisotopic (exact) mass is 297 g/mol. The number of fused-ring (bicyclic) bond motifs is 1. The summed E-state index contributed by atoms with van der Waals surface area (Å²) in [6.45, 7) is 2.76. The Kier molecular flexibility index (Phi) is 4.07. The molecule has 0 atom stereocenters. The zero-order valence-corrected chi connectivity index (χ0v) is 12.6. The van der Waals surface area contributed by atoms with Gasteiger partial charge in [0.05, 0.1) is 6.61 Å². The van der Waals surface area contributed by atoms with Crippen molar-refractivity contribution in [2.45, 2.75) is 13.3 Å². The second-order valence-electron chi connectivity index (χ2n) is 5.00. The van der Waals surface area contributed by atoms with Crippen LogP contribution in [0.3, 0.4) is 0 Å². The van der Waals surface area contributed by atoms with Crippen LogP contribution in [-0.2, 0) is 6.42 Å². The number of hydrogen-bond donors (Lipinski definition) is 0. The Morgan fingerprint density at radius 2 is 1.86 bits per heavy atom. The second-order valence-corrected chi connectivity index (χ2v) is 5.39. The van der Waals surface area contributed by atoms with Crippen LogP contribution in [0.25, 0.3) is 10.8 Å². The summed E-state index contributed by atoms with van der Waals surface area (Å²) < 4.78 is 5.75. The molecule has 2 aromatic carbocycles. The lowest BCUT2D eigenvalue weighted by Gasteiger charge is -2.10. The summed E-state index contributed by atoms with van der Waals surface area (Å²) in [5, 5.41) is 3.06. The van der Waals surface area contributed by atoms with E-state index in [0.29, 0.717) is 11.8 Å². The van der Waals surface area contributed by atoms with Gasteiger partial charge in [0.2, 0.25) is 0 Å². The highest BCUT2D eigenvalue weighted by Crippen LogP contribution is 2.23. The summed E-state index contributed by atoms with van der Waals surface area (Å²) in [6.07, 6.45) is 2.51. The fraction of sp³-hybridized carbons (Fsp3) is 0.167. The van der Waals surface area contributed by atoms with Crippen LogP contribution in [0.15, 0.2) is 54.7 Å². The summed E-state index contributed by atoms with van der Waals surface area (Å²) in [5.41, 5.74) is 2.60. The predicted molar refractivity (Wildman–Crippen MR) is 87.1 cm³/mol. The van der Waals surface area contributed by atoms with Crippen LogP contribution in [0.5, 0.6) is 5.75 Å². The van der Waals surface area contributed by atoms with Crippen LogP contribution >= 0.6 is 11.6 Å². The molecule has 1 aromatic heterocycles. The topological polar surface area (TPSA) is 22.1 Å². The van der Waals surface area contributed by atoms with Crippen molar-refractivity contribution in [3.63, 3.8) is 0 Å². The molecule has 0 bridgehead atoms. The zero-order valence-electron chi connectivity index (χ0n) is 11.8. The van der Waals surface area contributed by atoms with E-state index < -0.39 is 0 Å². The summed E-state index contributed by atoms with van der Waals surface area (Å²) in [7, 11) is 0. The number of nitrogens with zero attached hydrogens (tertiary/aromatic N) is 1. The fourth-order valence-corrected chi connectivity index (χ4v) is 2.65. The molecule has 0 unspecified atom stereocenters. The minimum Gasteiger partial charge on any atom is -0.493 e. The lowest BCUT2D eigenvalue weighted by Crippen LogP contribution is -2.02. The molecular weight excluding hydrogens is 282 g/mol. The van der Waals surface area contributed by atoms with E-state index in [9.17, 15) is 0 Å². The molecule has 0 aliphatic rings. The molecule has 0 saturated carbocycles. The van der Waals surface area contributed by atoms with E-state index in [1.807, 2.05) is 6.07 Å². The molecule has 3 rings (SSSR count). The highest BCUT2D eigenvalue weighted by atomic mass is 35.5. The quantitative estimate of drug-likeness (QED) is 0.644. The van der Waals surface area contributed by atoms with Crippen molar-refractivity contribution in [2.75, 3.05) is 6.61 Å². The van der Waals surface area contributed by atoms with E-state index >= 15 is 0 Å². The van der Waals surface area contributed by atoms with Gasteiger partial charge in [0.1, 0.15) is 10.9 Å². The van der Waals surface area contributed by atoms with Crippen molar-refractivity contribution in [2.24, 2.45) is 0 Å². The van der Waals surface area contributed by atoms with E-state index in [1.54, 1.807) is 12.3 Å². The van der Waals surface area contributed by atoms with Crippen LogP contribution in [0.1, 0.15) is 11.1 Å². The van der Waals surface area contributed by atoms with Crippen molar-refractivity contribution in [1.29, 1.82) is 0 Å². The van der Waals surface area contributed by atoms with Crippen LogP contribution in [0, 0.1) is 6.92 Å². The highest BCUT2D eigenvalue weighted by molar-refractivity contribution is 6.29. The van der Waals surface area contributed by atoms with Crippen LogP contribution in [0.4, 0.5) is 0 Å². The van der Waals surface area contributed by atoms with Gasteiger partial charge in [-0.05, 0) is 34.9 Å². The van der Waals surface area contributed by atoms with Crippen molar-refractivity contribution in [3.8, 4) is 5.75 Å². The SMILES string of the molecule is Cc1ccc(CCOc2ccnc(Cl)c2)c2ccccc12. The smallest absolute Gasteiger partial charge is 0.132 e. The maximum Gasteiger partial charge on any atom is 0.132 e. The van der Waals surface area contributed by atoms with Crippen molar-refractivity contribution >= 4 is 22.4 Å². The normalized spacial score (nSPS) is 10.8. The first kappa shape index (κ1) is 13.9. The highest BCUT2D eigenvalue weighted by Gasteiger charge is 2.04. The number of hydrogen-bond acceptors (Lipinski definition) is 2. The van der Waals surface area contributed by atoms with Gasteiger partial charge in [0, 0.05) is 18.7 Å². The Balaban J connectivity index is 1.75. The number of pyridine rings is 1. The standard InChI is InChI=1S/C18H16ClNO/c1-13-6-7-14(17-5-3-2-4-16(13)17)9-11-21-15-8-10-20-18(19)12-15/h2-8,10,12H,9,11H2,1H3. The van der Waals surface area contributed by atoms with Crippen molar-refractivity contribution < 1.29 is 4.74 Å². The second kappa shape index (κ2) is 6.15. The first-order valence-corrected chi connectivity index (χ1v) is 7.33. The van der Waals surface area contributed by atoms with Gasteiger partial charge >= 0.3 is 0 Å². The van der Waals surface area contributed by atoms with Gasteiger partial charge in [0.25, 0.3) is 0 Å². The minimum absolute atomic E-state index is 0.452. The minimum atomic E-state index is 0.452. The molecule has 106 valence electrons. The average molecular weight is 298 g/mol. The fourth-order valence-electron chi connectivity index (χ4n) is 2.48. The summed E-state index contributed by atoms with van der Waals surface area (Å²) in [4.78, 5) is 3.94. The average Bonchev–Trinajstić information content (AvgIpc) is 2.50. The van der Waals surface area contributed by atoms with Crippen LogP contribution in [0.2, 0.25) is 5.15 Å². The van der Waals surface area contributed by atoms with E-state index in [-0.39, 0.29) is 0 Å². The Morgan fingerprint density at radius 3 is 2.67 bits per heavy atom. The molecule has 0 aliphatic carbocycles. The van der Waals surface area contributed by atoms with Gasteiger partial charge in [-0.2, -0.15) is 0 Å². The van der Waals surface area contributed by atoms with Crippen molar-refractivity contribution in [1.82, 2.24) is 4.98 Å². The molecule has 3 heteroatoms. The maximum absolute atomic E-state index is 5.85. The molecule has 0 aliphatic heterocycles. The number of aryl methyl sites for hydroxylation is 1. The van der Waals surface area contributed by atoms with Crippen LogP contribution < -0.4 is 4.74 Å². The molecule has 1 heterocycles. The lowest BCUT2D eigenvalue weighted by molar-refractivity contribution is 0.322. The molecule has 0 N–H and O–H groups in total. The maximum atomic E-state index is 5.85. The number of benzene rings is 2. The number of aromatic nitrogens is 1. The van der Waals surface area contributed by atoms with Gasteiger partial charge in [-0.25, -0.2) is 4.98 Å². The Hall–Kier alpha value is -2.06. The molecule has 0 fully saturated rings. The van der Waals surface area contributed by atoms with E-state index in [4.69, 9.17) is 16.3 Å². The van der Waals surface area contributed by atoms with Gasteiger partial charge in [0.15, 0.2) is 0 Å². The predicted octanol–water partition coefficient (Wildman–Crippen LogP) is 4.82. The summed E-state index contributed by atoms with van der Waals surface area (Å²) in [6, 6.07) is 16.4. The van der Waals surface area contributed by atoms with Gasteiger partial charge in [-0.1, -0.05) is 48.0 Å². The largest absolute Gasteiger partial charge is 0.493 e. The Morgan fingerprint density at radius 1 is 1.05 bits per heavy atom. The van der Waals surface area contributed by atoms with E-state index in [0.717, 1.165) is 12.2 Å². The third-order valence-corrected chi connectivity index (χ3v) is 3.78. The summed E-state index contributed by atoms with van der Waals surface area (Å²) in [5.74, 6) is 0.756. The lowest BCUT2D eigenvalue weighted by atomic mass is 9.99. The van der Waals surface area contributed by atoms with E-state index in [1.165, 1.54) is 21.9 Å². The molecular formula is C18H16ClNO. The first-order valence-electron chi connectivity index (χ1n) is 6.95. The Labute approximate surface area is 129 Å². The molecule has 3 aromatic rings. The zero-order chi connectivity index (χ0) is 14.7. The molecule has 2 nitrogen and oxygen atoms in total. The summed E-state index contributed by atoms with van der Waals surface area (Å²) >= 11 is 5.85. The third-order valence-electron chi connectivity index (χ3n) is 3.57. The number of rotatable bonds is 4. The molecule has 0 radical (unpaired) electrons. The van der Waals surface area contributed by atoms with Crippen LogP contribution in [-0.4, -0.2) is 11.6 Å².